The monoisotopic (exact) mass is 288 g/mol. The number of rotatable bonds is 1. The molecule has 0 radical (unpaired) electrons. The molecule has 0 aliphatic heterocycles. The van der Waals surface area contributed by atoms with Gasteiger partial charge in [0.25, 0.3) is 5.56 Å². The summed E-state index contributed by atoms with van der Waals surface area (Å²) in [7, 11) is 0. The summed E-state index contributed by atoms with van der Waals surface area (Å²) >= 11 is 5.45. The van der Waals surface area contributed by atoms with E-state index in [1.165, 1.54) is 12.8 Å². The Labute approximate surface area is 123 Å². The number of H-pyrrole nitrogens is 1. The van der Waals surface area contributed by atoms with E-state index in [2.05, 4.69) is 18.8 Å². The molecule has 0 bridgehead atoms. The molecule has 1 aliphatic carbocycles. The predicted molar refractivity (Wildman–Crippen MR) is 84.6 cm³/mol. The maximum absolute atomic E-state index is 12.8. The third kappa shape index (κ3) is 2.12. The molecule has 1 N–H and O–H groups in total. The molecule has 1 fully saturated rings. The minimum absolute atomic E-state index is 0.0512. The summed E-state index contributed by atoms with van der Waals surface area (Å²) in [4.78, 5) is 16.0. The Morgan fingerprint density at radius 2 is 2.00 bits per heavy atom. The molecule has 3 atom stereocenters. The summed E-state index contributed by atoms with van der Waals surface area (Å²) in [6, 6.07) is 7.82. The molecule has 0 amide bonds. The number of fused-ring (bicyclic) bond motifs is 1. The zero-order valence-electron chi connectivity index (χ0n) is 11.9. The van der Waals surface area contributed by atoms with E-state index in [9.17, 15) is 4.79 Å². The van der Waals surface area contributed by atoms with Crippen LogP contribution in [-0.4, -0.2) is 9.55 Å². The molecule has 20 heavy (non-hydrogen) atoms. The van der Waals surface area contributed by atoms with Crippen molar-refractivity contribution >= 4 is 23.1 Å². The molecule has 1 heterocycles. The molecule has 1 aromatic heterocycles. The average molecular weight is 288 g/mol. The largest absolute Gasteiger partial charge is 0.332 e. The van der Waals surface area contributed by atoms with Crippen LogP contribution < -0.4 is 5.56 Å². The Morgan fingerprint density at radius 3 is 2.80 bits per heavy atom. The molecule has 1 aliphatic rings. The van der Waals surface area contributed by atoms with Crippen LogP contribution >= 0.6 is 12.2 Å². The molecule has 0 spiro atoms. The normalized spacial score (nSPS) is 26.8. The van der Waals surface area contributed by atoms with Gasteiger partial charge in [0.1, 0.15) is 0 Å². The first-order valence-corrected chi connectivity index (χ1v) is 7.74. The van der Waals surface area contributed by atoms with Gasteiger partial charge in [-0.2, -0.15) is 0 Å². The SMILES string of the molecule is C[C@@H]1[C@H](C)CCC[C@H]1n1c(=S)[nH]c2ccccc2c1=O. The summed E-state index contributed by atoms with van der Waals surface area (Å²) in [6.45, 7) is 4.51. The van der Waals surface area contributed by atoms with E-state index in [-0.39, 0.29) is 11.6 Å². The highest BCUT2D eigenvalue weighted by molar-refractivity contribution is 7.71. The van der Waals surface area contributed by atoms with E-state index in [1.807, 2.05) is 28.8 Å². The van der Waals surface area contributed by atoms with Crippen molar-refractivity contribution in [1.82, 2.24) is 9.55 Å². The molecule has 0 unspecified atom stereocenters. The lowest BCUT2D eigenvalue weighted by Gasteiger charge is -2.35. The van der Waals surface area contributed by atoms with E-state index >= 15 is 0 Å². The molecule has 1 aromatic carbocycles. The molecular formula is C16H20N2OS. The standard InChI is InChI=1S/C16H20N2OS/c1-10-6-5-9-14(11(10)2)18-15(19)12-7-3-4-8-13(12)17-16(18)20/h3-4,7-8,10-11,14H,5-6,9H2,1-2H3,(H,17,20)/t10-,11-,14-/m1/s1. The van der Waals surface area contributed by atoms with Crippen molar-refractivity contribution in [3.63, 3.8) is 0 Å². The van der Waals surface area contributed by atoms with Gasteiger partial charge < -0.3 is 4.98 Å². The van der Waals surface area contributed by atoms with Crippen molar-refractivity contribution < 1.29 is 0 Å². The van der Waals surface area contributed by atoms with Gasteiger partial charge in [0.2, 0.25) is 0 Å². The first-order chi connectivity index (χ1) is 9.59. The number of aromatic nitrogens is 2. The predicted octanol–water partition coefficient (Wildman–Crippen LogP) is 4.06. The summed E-state index contributed by atoms with van der Waals surface area (Å²) in [5.41, 5.74) is 0.880. The zero-order chi connectivity index (χ0) is 14.3. The minimum Gasteiger partial charge on any atom is -0.332 e. The lowest BCUT2D eigenvalue weighted by Crippen LogP contribution is -2.34. The van der Waals surface area contributed by atoms with Crippen LogP contribution in [0.5, 0.6) is 0 Å². The van der Waals surface area contributed by atoms with Crippen LogP contribution in [0.25, 0.3) is 10.9 Å². The van der Waals surface area contributed by atoms with Crippen LogP contribution in [0.4, 0.5) is 0 Å². The average Bonchev–Trinajstić information content (AvgIpc) is 2.43. The van der Waals surface area contributed by atoms with Crippen molar-refractivity contribution in [2.24, 2.45) is 11.8 Å². The van der Waals surface area contributed by atoms with Crippen LogP contribution in [0.1, 0.15) is 39.2 Å². The van der Waals surface area contributed by atoms with Crippen LogP contribution in [0.3, 0.4) is 0 Å². The van der Waals surface area contributed by atoms with E-state index in [0.717, 1.165) is 17.3 Å². The lowest BCUT2D eigenvalue weighted by atomic mass is 9.78. The fraction of sp³-hybridized carbons (Fsp3) is 0.500. The molecule has 1 saturated carbocycles. The van der Waals surface area contributed by atoms with Gasteiger partial charge in [0, 0.05) is 6.04 Å². The molecule has 106 valence electrons. The third-order valence-corrected chi connectivity index (χ3v) is 5.13. The second-order valence-corrected chi connectivity index (χ2v) is 6.37. The second-order valence-electron chi connectivity index (χ2n) is 5.99. The Kier molecular flexibility index (Phi) is 3.50. The Balaban J connectivity index is 2.21. The van der Waals surface area contributed by atoms with E-state index < -0.39 is 0 Å². The second kappa shape index (κ2) is 5.17. The van der Waals surface area contributed by atoms with Crippen molar-refractivity contribution in [3.05, 3.63) is 39.4 Å². The highest BCUT2D eigenvalue weighted by Gasteiger charge is 2.29. The first-order valence-electron chi connectivity index (χ1n) is 7.33. The summed E-state index contributed by atoms with van der Waals surface area (Å²) in [5.74, 6) is 1.12. The van der Waals surface area contributed by atoms with Gasteiger partial charge >= 0.3 is 0 Å². The number of benzene rings is 1. The minimum atomic E-state index is 0.0512. The highest BCUT2D eigenvalue weighted by atomic mass is 32.1. The van der Waals surface area contributed by atoms with E-state index in [4.69, 9.17) is 12.2 Å². The van der Waals surface area contributed by atoms with Crippen molar-refractivity contribution in [2.75, 3.05) is 0 Å². The van der Waals surface area contributed by atoms with Crippen molar-refractivity contribution in [3.8, 4) is 0 Å². The number of aromatic amines is 1. The van der Waals surface area contributed by atoms with Gasteiger partial charge in [0.05, 0.1) is 10.9 Å². The summed E-state index contributed by atoms with van der Waals surface area (Å²) in [5, 5.41) is 0.728. The van der Waals surface area contributed by atoms with Crippen LogP contribution in [-0.2, 0) is 0 Å². The van der Waals surface area contributed by atoms with E-state index in [0.29, 0.717) is 16.6 Å². The van der Waals surface area contributed by atoms with Gasteiger partial charge in [0.15, 0.2) is 4.77 Å². The zero-order valence-corrected chi connectivity index (χ0v) is 12.7. The van der Waals surface area contributed by atoms with Gasteiger partial charge in [-0.1, -0.05) is 38.8 Å². The Morgan fingerprint density at radius 1 is 1.25 bits per heavy atom. The van der Waals surface area contributed by atoms with Gasteiger partial charge in [-0.25, -0.2) is 0 Å². The lowest BCUT2D eigenvalue weighted by molar-refractivity contribution is 0.181. The quantitative estimate of drug-likeness (QED) is 0.804. The van der Waals surface area contributed by atoms with Crippen LogP contribution in [0, 0.1) is 16.6 Å². The molecule has 0 saturated heterocycles. The Hall–Kier alpha value is -1.42. The number of nitrogens with zero attached hydrogens (tertiary/aromatic N) is 1. The Bertz CT molecular complexity index is 746. The summed E-state index contributed by atoms with van der Waals surface area (Å²) in [6.07, 6.45) is 3.46. The van der Waals surface area contributed by atoms with Crippen LogP contribution in [0.15, 0.2) is 29.1 Å². The van der Waals surface area contributed by atoms with Crippen molar-refractivity contribution in [1.29, 1.82) is 0 Å². The molecular weight excluding hydrogens is 268 g/mol. The molecule has 3 rings (SSSR count). The summed E-state index contributed by atoms with van der Waals surface area (Å²) < 4.78 is 2.37. The number of hydrogen-bond acceptors (Lipinski definition) is 2. The smallest absolute Gasteiger partial charge is 0.262 e. The number of para-hydroxylation sites is 1. The van der Waals surface area contributed by atoms with Gasteiger partial charge in [-0.05, 0) is 42.6 Å². The maximum atomic E-state index is 12.8. The third-order valence-electron chi connectivity index (χ3n) is 4.83. The van der Waals surface area contributed by atoms with E-state index in [1.54, 1.807) is 0 Å². The number of hydrogen-bond donors (Lipinski definition) is 1. The topological polar surface area (TPSA) is 37.8 Å². The molecule has 4 heteroatoms. The van der Waals surface area contributed by atoms with Crippen molar-refractivity contribution in [2.45, 2.75) is 39.2 Å². The maximum Gasteiger partial charge on any atom is 0.262 e. The van der Waals surface area contributed by atoms with Gasteiger partial charge in [-0.3, -0.25) is 9.36 Å². The highest BCUT2D eigenvalue weighted by Crippen LogP contribution is 2.37. The fourth-order valence-corrected chi connectivity index (χ4v) is 3.72. The van der Waals surface area contributed by atoms with Gasteiger partial charge in [-0.15, -0.1) is 0 Å². The molecule has 3 nitrogen and oxygen atoms in total. The van der Waals surface area contributed by atoms with Crippen LogP contribution in [0.2, 0.25) is 0 Å². The molecule has 2 aromatic rings. The fourth-order valence-electron chi connectivity index (χ4n) is 3.40. The number of nitrogens with one attached hydrogen (secondary N) is 1. The first kappa shape index (κ1) is 13.6.